The van der Waals surface area contributed by atoms with Crippen LogP contribution in [-0.4, -0.2) is 18.2 Å². The summed E-state index contributed by atoms with van der Waals surface area (Å²) >= 11 is 5.23. The van der Waals surface area contributed by atoms with Crippen LogP contribution in [0.3, 0.4) is 0 Å². The highest BCUT2D eigenvalue weighted by atomic mass is 79.9. The molecule has 0 saturated heterocycles. The maximum absolute atomic E-state index is 6.37. The monoisotopic (exact) mass is 319 g/mol. The molecule has 1 aromatic rings. The van der Waals surface area contributed by atoms with E-state index in [1.807, 2.05) is 6.92 Å². The lowest BCUT2D eigenvalue weighted by molar-refractivity contribution is -0.0632. The zero-order valence-corrected chi connectivity index (χ0v) is 13.2. The molecule has 0 aliphatic heterocycles. The first-order valence-electron chi connectivity index (χ1n) is 6.20. The summed E-state index contributed by atoms with van der Waals surface area (Å²) in [5, 5.41) is 2.10. The normalized spacial score (nSPS) is 13.9. The largest absolute Gasteiger partial charge is 0.374 e. The van der Waals surface area contributed by atoms with E-state index in [0.29, 0.717) is 0 Å². The van der Waals surface area contributed by atoms with Crippen LogP contribution in [0.1, 0.15) is 38.5 Å². The molecule has 1 atom stereocenters. The van der Waals surface area contributed by atoms with E-state index in [4.69, 9.17) is 10.5 Å². The molecule has 4 heteroatoms. The van der Waals surface area contributed by atoms with Crippen molar-refractivity contribution in [3.05, 3.63) is 20.8 Å². The van der Waals surface area contributed by atoms with Gasteiger partial charge >= 0.3 is 0 Å². The van der Waals surface area contributed by atoms with E-state index in [9.17, 15) is 0 Å². The van der Waals surface area contributed by atoms with Crippen molar-refractivity contribution in [1.29, 1.82) is 0 Å². The Labute approximate surface area is 117 Å². The Morgan fingerprint density at radius 2 is 2.06 bits per heavy atom. The Morgan fingerprint density at radius 1 is 1.41 bits per heavy atom. The fourth-order valence-corrected chi connectivity index (χ4v) is 3.75. The van der Waals surface area contributed by atoms with E-state index in [0.717, 1.165) is 30.3 Å². The van der Waals surface area contributed by atoms with Gasteiger partial charge in [-0.3, -0.25) is 0 Å². The Morgan fingerprint density at radius 3 is 2.47 bits per heavy atom. The minimum atomic E-state index is -0.175. The van der Waals surface area contributed by atoms with Crippen molar-refractivity contribution in [2.45, 2.75) is 51.7 Å². The molecule has 0 saturated carbocycles. The maximum Gasteiger partial charge on any atom is 0.0830 e. The van der Waals surface area contributed by atoms with Crippen LogP contribution in [0, 0.1) is 0 Å². The highest BCUT2D eigenvalue weighted by molar-refractivity contribution is 9.10. The lowest BCUT2D eigenvalue weighted by atomic mass is 9.86. The molecule has 0 radical (unpaired) electrons. The van der Waals surface area contributed by atoms with Crippen molar-refractivity contribution in [3.63, 3.8) is 0 Å². The average Bonchev–Trinajstić information content (AvgIpc) is 2.71. The van der Waals surface area contributed by atoms with Gasteiger partial charge in [-0.15, -0.1) is 11.3 Å². The number of hydrogen-bond donors (Lipinski definition) is 1. The molecule has 0 aliphatic rings. The van der Waals surface area contributed by atoms with Crippen LogP contribution >= 0.6 is 27.3 Å². The Hall–Kier alpha value is 0.1000. The first kappa shape index (κ1) is 15.2. The molecular weight excluding hydrogens is 298 g/mol. The van der Waals surface area contributed by atoms with Gasteiger partial charge in [0.2, 0.25) is 0 Å². The van der Waals surface area contributed by atoms with Gasteiger partial charge in [0.25, 0.3) is 0 Å². The maximum atomic E-state index is 6.37. The van der Waals surface area contributed by atoms with Crippen molar-refractivity contribution in [3.8, 4) is 0 Å². The summed E-state index contributed by atoms with van der Waals surface area (Å²) in [6, 6.07) is 2.20. The summed E-state index contributed by atoms with van der Waals surface area (Å²) in [5.74, 6) is 0. The van der Waals surface area contributed by atoms with E-state index < -0.39 is 0 Å². The molecule has 17 heavy (non-hydrogen) atoms. The van der Waals surface area contributed by atoms with Crippen LogP contribution in [0.15, 0.2) is 15.9 Å². The van der Waals surface area contributed by atoms with Crippen LogP contribution < -0.4 is 5.73 Å². The van der Waals surface area contributed by atoms with E-state index in [1.54, 1.807) is 11.3 Å². The number of halogens is 1. The molecule has 1 aromatic heterocycles. The van der Waals surface area contributed by atoms with Crippen LogP contribution in [0.2, 0.25) is 0 Å². The van der Waals surface area contributed by atoms with Crippen molar-refractivity contribution in [1.82, 2.24) is 0 Å². The molecule has 0 fully saturated rings. The highest BCUT2D eigenvalue weighted by Crippen LogP contribution is 2.28. The number of ether oxygens (including phenoxy) is 1. The Bertz CT molecular complexity index is 336. The van der Waals surface area contributed by atoms with Gasteiger partial charge in [-0.05, 0) is 48.2 Å². The van der Waals surface area contributed by atoms with Crippen molar-refractivity contribution in [2.24, 2.45) is 5.73 Å². The summed E-state index contributed by atoms with van der Waals surface area (Å²) in [6.45, 7) is 7.07. The van der Waals surface area contributed by atoms with Gasteiger partial charge in [0.1, 0.15) is 0 Å². The fraction of sp³-hybridized carbons (Fsp3) is 0.692. The standard InChI is InChI=1S/C13H22BrNOS/c1-4-13(5-2,16-6-3)12(15)8-11-7-10(14)9-17-11/h7,9,12H,4-6,8,15H2,1-3H3. The van der Waals surface area contributed by atoms with Gasteiger partial charge in [0.15, 0.2) is 0 Å². The van der Waals surface area contributed by atoms with Crippen LogP contribution in [0.4, 0.5) is 0 Å². The molecule has 2 nitrogen and oxygen atoms in total. The third-order valence-electron chi connectivity index (χ3n) is 3.35. The van der Waals surface area contributed by atoms with E-state index >= 15 is 0 Å². The summed E-state index contributed by atoms with van der Waals surface area (Å²) < 4.78 is 7.08. The zero-order chi connectivity index (χ0) is 12.9. The van der Waals surface area contributed by atoms with Crippen LogP contribution in [0.25, 0.3) is 0 Å². The SMILES string of the molecule is CCOC(CC)(CC)C(N)Cc1cc(Br)cs1. The molecule has 1 unspecified atom stereocenters. The number of thiophene rings is 1. The third kappa shape index (κ3) is 3.78. The average molecular weight is 320 g/mol. The predicted molar refractivity (Wildman–Crippen MR) is 78.6 cm³/mol. The lowest BCUT2D eigenvalue weighted by Gasteiger charge is -2.37. The van der Waals surface area contributed by atoms with Gasteiger partial charge in [-0.25, -0.2) is 0 Å². The summed E-state index contributed by atoms with van der Waals surface area (Å²) in [5.41, 5.74) is 6.19. The second-order valence-corrected chi connectivity index (χ2v) is 6.16. The molecule has 1 heterocycles. The summed E-state index contributed by atoms with van der Waals surface area (Å²) in [4.78, 5) is 1.32. The second kappa shape index (κ2) is 6.88. The minimum Gasteiger partial charge on any atom is -0.374 e. The predicted octanol–water partition coefficient (Wildman–Crippen LogP) is 3.98. The smallest absolute Gasteiger partial charge is 0.0830 e. The van der Waals surface area contributed by atoms with Gasteiger partial charge in [0.05, 0.1) is 5.60 Å². The highest BCUT2D eigenvalue weighted by Gasteiger charge is 2.34. The molecule has 2 N–H and O–H groups in total. The molecule has 98 valence electrons. The third-order valence-corrected chi connectivity index (χ3v) is 5.07. The van der Waals surface area contributed by atoms with Gasteiger partial charge in [-0.2, -0.15) is 0 Å². The molecule has 0 aromatic carbocycles. The molecule has 0 amide bonds. The van der Waals surface area contributed by atoms with Crippen molar-refractivity contribution >= 4 is 27.3 Å². The van der Waals surface area contributed by atoms with E-state index in [2.05, 4.69) is 41.2 Å². The zero-order valence-electron chi connectivity index (χ0n) is 10.8. The molecular formula is C13H22BrNOS. The van der Waals surface area contributed by atoms with Gasteiger partial charge in [0, 0.05) is 27.4 Å². The molecule has 0 bridgehead atoms. The van der Waals surface area contributed by atoms with Crippen LogP contribution in [-0.2, 0) is 11.2 Å². The van der Waals surface area contributed by atoms with Gasteiger partial charge in [-0.1, -0.05) is 13.8 Å². The van der Waals surface area contributed by atoms with Crippen molar-refractivity contribution in [2.75, 3.05) is 6.61 Å². The second-order valence-electron chi connectivity index (χ2n) is 4.25. The van der Waals surface area contributed by atoms with Gasteiger partial charge < -0.3 is 10.5 Å². The summed E-state index contributed by atoms with van der Waals surface area (Å²) in [6.07, 6.45) is 2.81. The van der Waals surface area contributed by atoms with Crippen molar-refractivity contribution < 1.29 is 4.74 Å². The first-order chi connectivity index (χ1) is 8.07. The Balaban J connectivity index is 2.74. The first-order valence-corrected chi connectivity index (χ1v) is 7.87. The van der Waals surface area contributed by atoms with E-state index in [-0.39, 0.29) is 11.6 Å². The fourth-order valence-electron chi connectivity index (χ4n) is 2.24. The quantitative estimate of drug-likeness (QED) is 0.825. The lowest BCUT2D eigenvalue weighted by Crippen LogP contribution is -2.50. The molecule has 0 aliphatic carbocycles. The Kier molecular flexibility index (Phi) is 6.13. The molecule has 0 spiro atoms. The van der Waals surface area contributed by atoms with E-state index in [1.165, 1.54) is 4.88 Å². The summed E-state index contributed by atoms with van der Waals surface area (Å²) in [7, 11) is 0. The van der Waals surface area contributed by atoms with Crippen LogP contribution in [0.5, 0.6) is 0 Å². The number of hydrogen-bond acceptors (Lipinski definition) is 3. The minimum absolute atomic E-state index is 0.0583. The number of nitrogens with two attached hydrogens (primary N) is 1. The molecule has 1 rings (SSSR count). The number of rotatable bonds is 7. The topological polar surface area (TPSA) is 35.2 Å².